The van der Waals surface area contributed by atoms with Gasteiger partial charge in [-0.15, -0.1) is 5.10 Å². The molecular formula is C11H18N6O2. The zero-order valence-electron chi connectivity index (χ0n) is 10.9. The monoisotopic (exact) mass is 266 g/mol. The van der Waals surface area contributed by atoms with Crippen LogP contribution in [0.25, 0.3) is 0 Å². The molecular weight excluding hydrogens is 248 g/mol. The quantitative estimate of drug-likeness (QED) is 0.692. The first-order chi connectivity index (χ1) is 8.96. The van der Waals surface area contributed by atoms with Crippen LogP contribution < -0.4 is 11.5 Å². The van der Waals surface area contributed by atoms with Crippen molar-refractivity contribution in [1.82, 2.24) is 19.9 Å². The number of rotatable bonds is 4. The normalized spacial score (nSPS) is 22.7. The minimum absolute atomic E-state index is 0.228. The molecule has 1 aliphatic rings. The molecule has 4 N–H and O–H groups in total. The fourth-order valence-corrected chi connectivity index (χ4v) is 2.14. The maximum Gasteiger partial charge on any atom is 0.276 e. The largest absolute Gasteiger partial charge is 0.369 e. The Morgan fingerprint density at radius 2 is 2.26 bits per heavy atom. The molecule has 1 fully saturated rings. The first-order valence-electron chi connectivity index (χ1n) is 6.16. The smallest absolute Gasteiger partial charge is 0.276 e. The highest BCUT2D eigenvalue weighted by Gasteiger charge is 2.41. The fraction of sp³-hybridized carbons (Fsp3) is 0.636. The zero-order chi connectivity index (χ0) is 14.0. The molecule has 0 saturated carbocycles. The number of primary amides is 1. The van der Waals surface area contributed by atoms with E-state index in [1.54, 1.807) is 18.0 Å². The highest BCUT2D eigenvalue weighted by atomic mass is 16.2. The summed E-state index contributed by atoms with van der Waals surface area (Å²) in [5.74, 6) is -0.608. The van der Waals surface area contributed by atoms with E-state index in [-0.39, 0.29) is 17.5 Å². The van der Waals surface area contributed by atoms with Crippen LogP contribution in [0.15, 0.2) is 6.20 Å². The Morgan fingerprint density at radius 3 is 2.84 bits per heavy atom. The molecule has 0 radical (unpaired) electrons. The molecule has 1 aliphatic heterocycles. The number of nitrogens with two attached hydrogens (primary N) is 2. The number of amides is 2. The van der Waals surface area contributed by atoms with Gasteiger partial charge in [0.1, 0.15) is 0 Å². The topological polar surface area (TPSA) is 120 Å². The maximum atomic E-state index is 12.2. The Morgan fingerprint density at radius 1 is 1.53 bits per heavy atom. The lowest BCUT2D eigenvalue weighted by molar-refractivity contribution is -0.126. The summed E-state index contributed by atoms with van der Waals surface area (Å²) in [5, 5.41) is 7.64. The highest BCUT2D eigenvalue weighted by Crippen LogP contribution is 2.30. The number of aromatic nitrogens is 3. The van der Waals surface area contributed by atoms with E-state index in [4.69, 9.17) is 11.5 Å². The number of hydrogen-bond acceptors (Lipinski definition) is 5. The van der Waals surface area contributed by atoms with Crippen molar-refractivity contribution >= 4 is 11.8 Å². The molecule has 2 heterocycles. The molecule has 8 heteroatoms. The highest BCUT2D eigenvalue weighted by molar-refractivity contribution is 5.93. The van der Waals surface area contributed by atoms with E-state index in [0.717, 1.165) is 0 Å². The van der Waals surface area contributed by atoms with Gasteiger partial charge >= 0.3 is 0 Å². The van der Waals surface area contributed by atoms with Gasteiger partial charge in [0.05, 0.1) is 18.2 Å². The van der Waals surface area contributed by atoms with E-state index in [2.05, 4.69) is 10.3 Å². The van der Waals surface area contributed by atoms with Gasteiger partial charge in [-0.2, -0.15) is 0 Å². The molecule has 1 saturated heterocycles. The summed E-state index contributed by atoms with van der Waals surface area (Å²) in [5.41, 5.74) is 10.4. The number of hydrogen-bond donors (Lipinski definition) is 2. The lowest BCUT2D eigenvalue weighted by atomic mass is 9.89. The molecule has 104 valence electrons. The first-order valence-corrected chi connectivity index (χ1v) is 6.16. The molecule has 1 aromatic heterocycles. The van der Waals surface area contributed by atoms with Gasteiger partial charge in [-0.3, -0.25) is 14.3 Å². The van der Waals surface area contributed by atoms with Crippen LogP contribution in [0, 0.1) is 5.41 Å². The van der Waals surface area contributed by atoms with Crippen LogP contribution >= 0.6 is 0 Å². The van der Waals surface area contributed by atoms with Crippen LogP contribution in [0.1, 0.15) is 23.8 Å². The third kappa shape index (κ3) is 2.58. The Bertz CT molecular complexity index is 499. The maximum absolute atomic E-state index is 12.2. The van der Waals surface area contributed by atoms with Crippen molar-refractivity contribution in [3.63, 3.8) is 0 Å². The lowest BCUT2D eigenvalue weighted by Crippen LogP contribution is -2.38. The fourth-order valence-electron chi connectivity index (χ4n) is 2.14. The molecule has 8 nitrogen and oxygen atoms in total. The number of carbonyl (C=O) groups excluding carboxylic acids is 2. The molecule has 1 unspecified atom stereocenters. The second kappa shape index (κ2) is 4.96. The summed E-state index contributed by atoms with van der Waals surface area (Å²) < 4.78 is 1.52. The summed E-state index contributed by atoms with van der Waals surface area (Å²) in [6, 6.07) is 0. The average Bonchev–Trinajstić information content (AvgIpc) is 2.97. The summed E-state index contributed by atoms with van der Waals surface area (Å²) in [6.07, 6.45) is 2.14. The Kier molecular flexibility index (Phi) is 3.52. The van der Waals surface area contributed by atoms with Crippen molar-refractivity contribution < 1.29 is 9.59 Å². The van der Waals surface area contributed by atoms with Crippen molar-refractivity contribution in [2.24, 2.45) is 16.9 Å². The predicted molar refractivity (Wildman–Crippen MR) is 66.9 cm³/mol. The van der Waals surface area contributed by atoms with Gasteiger partial charge in [0.15, 0.2) is 5.69 Å². The second-order valence-corrected chi connectivity index (χ2v) is 5.06. The Balaban J connectivity index is 2.06. The first kappa shape index (κ1) is 13.5. The van der Waals surface area contributed by atoms with Gasteiger partial charge in [0.25, 0.3) is 5.91 Å². The van der Waals surface area contributed by atoms with Crippen molar-refractivity contribution in [3.05, 3.63) is 11.9 Å². The van der Waals surface area contributed by atoms with Crippen molar-refractivity contribution in [2.75, 3.05) is 19.6 Å². The second-order valence-electron chi connectivity index (χ2n) is 5.06. The van der Waals surface area contributed by atoms with E-state index < -0.39 is 5.41 Å². The van der Waals surface area contributed by atoms with Gasteiger partial charge in [-0.25, -0.2) is 0 Å². The molecule has 0 aromatic carbocycles. The number of carbonyl (C=O) groups is 2. The molecule has 0 bridgehead atoms. The minimum atomic E-state index is -0.650. The van der Waals surface area contributed by atoms with Gasteiger partial charge in [-0.1, -0.05) is 5.21 Å². The molecule has 2 amide bonds. The molecule has 1 aromatic rings. The SMILES string of the molecule is CC1(C(N)=O)CCN(C(=O)c2cn(CCN)nn2)C1. The molecule has 0 aliphatic carbocycles. The van der Waals surface area contributed by atoms with E-state index in [9.17, 15) is 9.59 Å². The standard InChI is InChI=1S/C11H18N6O2/c1-11(10(13)19)2-4-16(7-11)9(18)8-6-17(5-3-12)15-14-8/h6H,2-5,7,12H2,1H3,(H2,13,19). The van der Waals surface area contributed by atoms with Crippen LogP contribution in [0.4, 0.5) is 0 Å². The molecule has 19 heavy (non-hydrogen) atoms. The van der Waals surface area contributed by atoms with Crippen LogP contribution in [0.3, 0.4) is 0 Å². The summed E-state index contributed by atoms with van der Waals surface area (Å²) in [7, 11) is 0. The lowest BCUT2D eigenvalue weighted by Gasteiger charge is -2.20. The minimum Gasteiger partial charge on any atom is -0.369 e. The van der Waals surface area contributed by atoms with Crippen LogP contribution in [0.5, 0.6) is 0 Å². The third-order valence-electron chi connectivity index (χ3n) is 3.47. The Hall–Kier alpha value is -1.96. The molecule has 2 rings (SSSR count). The van der Waals surface area contributed by atoms with Crippen molar-refractivity contribution in [1.29, 1.82) is 0 Å². The summed E-state index contributed by atoms with van der Waals surface area (Å²) in [4.78, 5) is 25.1. The van der Waals surface area contributed by atoms with E-state index in [0.29, 0.717) is 32.6 Å². The van der Waals surface area contributed by atoms with Gasteiger partial charge in [0, 0.05) is 19.6 Å². The van der Waals surface area contributed by atoms with E-state index in [1.807, 2.05) is 0 Å². The van der Waals surface area contributed by atoms with Crippen molar-refractivity contribution in [3.8, 4) is 0 Å². The number of likely N-dealkylation sites (tertiary alicyclic amines) is 1. The Labute approximate surface area is 110 Å². The summed E-state index contributed by atoms with van der Waals surface area (Å²) >= 11 is 0. The van der Waals surface area contributed by atoms with Gasteiger partial charge in [0.2, 0.25) is 5.91 Å². The van der Waals surface area contributed by atoms with Crippen LogP contribution in [-0.4, -0.2) is 51.3 Å². The van der Waals surface area contributed by atoms with Crippen molar-refractivity contribution in [2.45, 2.75) is 19.9 Å². The average molecular weight is 266 g/mol. The van der Waals surface area contributed by atoms with Gasteiger partial charge in [-0.05, 0) is 13.3 Å². The number of nitrogens with zero attached hydrogens (tertiary/aromatic N) is 4. The van der Waals surface area contributed by atoms with Gasteiger partial charge < -0.3 is 16.4 Å². The van der Waals surface area contributed by atoms with E-state index in [1.165, 1.54) is 4.68 Å². The summed E-state index contributed by atoms with van der Waals surface area (Å²) in [6.45, 7) is 3.54. The van der Waals surface area contributed by atoms with Crippen LogP contribution in [0.2, 0.25) is 0 Å². The van der Waals surface area contributed by atoms with Crippen LogP contribution in [-0.2, 0) is 11.3 Å². The van der Waals surface area contributed by atoms with E-state index >= 15 is 0 Å². The molecule has 0 spiro atoms. The molecule has 1 atom stereocenters. The third-order valence-corrected chi connectivity index (χ3v) is 3.47. The zero-order valence-corrected chi connectivity index (χ0v) is 10.9. The predicted octanol–water partition coefficient (Wildman–Crippen LogP) is -1.43.